The Morgan fingerprint density at radius 1 is 1.17 bits per heavy atom. The number of aromatic nitrogens is 3. The molecular formula is C27H23ClF2N4O2. The first-order chi connectivity index (χ1) is 17.1. The van der Waals surface area contributed by atoms with Gasteiger partial charge in [0.1, 0.15) is 28.7 Å². The van der Waals surface area contributed by atoms with Gasteiger partial charge in [0.25, 0.3) is 0 Å². The Bertz CT molecular complexity index is 1680. The van der Waals surface area contributed by atoms with Crippen LogP contribution in [0.1, 0.15) is 33.0 Å². The predicted octanol–water partition coefficient (Wildman–Crippen LogP) is 6.00. The molecule has 3 aromatic heterocycles. The molecule has 184 valence electrons. The average Bonchev–Trinajstić information content (AvgIpc) is 3.35. The highest BCUT2D eigenvalue weighted by Crippen LogP contribution is 2.40. The second-order valence-corrected chi connectivity index (χ2v) is 9.16. The SMILES string of the molecule is COCc1cc(C(=O)c2cc(F)c(N)c(F)c2)n2cccc(-c3c(C)cc4c(nc(C)n4C)c3Cl)c12. The molecule has 5 rings (SSSR count). The molecule has 36 heavy (non-hydrogen) atoms. The van der Waals surface area contributed by atoms with Gasteiger partial charge >= 0.3 is 0 Å². The number of anilines is 1. The molecule has 0 bridgehead atoms. The van der Waals surface area contributed by atoms with Crippen LogP contribution in [0.3, 0.4) is 0 Å². The van der Waals surface area contributed by atoms with Gasteiger partial charge < -0.3 is 19.4 Å². The molecule has 0 saturated carbocycles. The topological polar surface area (TPSA) is 74.6 Å². The van der Waals surface area contributed by atoms with Crippen molar-refractivity contribution in [3.05, 3.63) is 87.5 Å². The molecule has 0 aliphatic heterocycles. The molecule has 5 aromatic rings. The third-order valence-electron chi connectivity index (χ3n) is 6.55. The molecular weight excluding hydrogens is 486 g/mol. The third kappa shape index (κ3) is 3.56. The molecule has 2 aromatic carbocycles. The van der Waals surface area contributed by atoms with Gasteiger partial charge in [-0.05, 0) is 49.7 Å². The molecule has 0 aliphatic carbocycles. The number of nitrogens with two attached hydrogens (primary N) is 1. The van der Waals surface area contributed by atoms with Gasteiger partial charge in [0.05, 0.1) is 28.4 Å². The fourth-order valence-electron chi connectivity index (χ4n) is 4.70. The molecule has 0 atom stereocenters. The molecule has 0 saturated heterocycles. The first kappa shape index (κ1) is 24.0. The van der Waals surface area contributed by atoms with E-state index in [9.17, 15) is 13.6 Å². The van der Waals surface area contributed by atoms with Gasteiger partial charge in [0.2, 0.25) is 5.78 Å². The number of ether oxygens (including phenoxy) is 1. The maximum absolute atomic E-state index is 14.1. The van der Waals surface area contributed by atoms with Crippen LogP contribution in [0.25, 0.3) is 27.7 Å². The standard InChI is InChI=1S/C27H23ClF2N4O2/c1-13-8-20-25(32-14(2)33(20)3)23(28)22(13)17-6-5-7-34-21(11-16(12-36-4)26(17)34)27(35)15-9-18(29)24(31)19(30)10-15/h5-11H,12,31H2,1-4H3. The van der Waals surface area contributed by atoms with Crippen LogP contribution in [0.2, 0.25) is 5.02 Å². The van der Waals surface area contributed by atoms with Gasteiger partial charge in [-0.3, -0.25) is 4.79 Å². The summed E-state index contributed by atoms with van der Waals surface area (Å²) in [6.07, 6.45) is 1.72. The molecule has 0 amide bonds. The summed E-state index contributed by atoms with van der Waals surface area (Å²) in [6.45, 7) is 4.09. The van der Waals surface area contributed by atoms with E-state index >= 15 is 0 Å². The quantitative estimate of drug-likeness (QED) is 0.233. The third-order valence-corrected chi connectivity index (χ3v) is 6.92. The monoisotopic (exact) mass is 508 g/mol. The van der Waals surface area contributed by atoms with Crippen molar-refractivity contribution in [1.29, 1.82) is 0 Å². The number of imidazole rings is 1. The van der Waals surface area contributed by atoms with E-state index in [1.165, 1.54) is 0 Å². The van der Waals surface area contributed by atoms with E-state index < -0.39 is 23.1 Å². The largest absolute Gasteiger partial charge is 0.394 e. The lowest BCUT2D eigenvalue weighted by Crippen LogP contribution is -2.08. The van der Waals surface area contributed by atoms with Crippen LogP contribution in [-0.4, -0.2) is 26.8 Å². The summed E-state index contributed by atoms with van der Waals surface area (Å²) in [5, 5.41) is 0.502. The smallest absolute Gasteiger partial charge is 0.209 e. The van der Waals surface area contributed by atoms with Crippen molar-refractivity contribution < 1.29 is 18.3 Å². The average molecular weight is 509 g/mol. The van der Waals surface area contributed by atoms with Crippen LogP contribution in [0, 0.1) is 25.5 Å². The summed E-state index contributed by atoms with van der Waals surface area (Å²) in [7, 11) is 3.49. The molecule has 9 heteroatoms. The fraction of sp³-hybridized carbons (Fsp3) is 0.185. The van der Waals surface area contributed by atoms with Crippen molar-refractivity contribution >= 4 is 39.6 Å². The summed E-state index contributed by atoms with van der Waals surface area (Å²) < 4.78 is 37.3. The zero-order valence-electron chi connectivity index (χ0n) is 20.1. The summed E-state index contributed by atoms with van der Waals surface area (Å²) in [5.41, 5.74) is 10.4. The Labute approximate surface area is 210 Å². The Morgan fingerprint density at radius 2 is 1.86 bits per heavy atom. The van der Waals surface area contributed by atoms with E-state index in [-0.39, 0.29) is 17.9 Å². The highest BCUT2D eigenvalue weighted by atomic mass is 35.5. The number of nitrogen functional groups attached to an aromatic ring is 1. The molecule has 2 N–H and O–H groups in total. The molecule has 3 heterocycles. The van der Waals surface area contributed by atoms with Crippen molar-refractivity contribution in [2.75, 3.05) is 12.8 Å². The molecule has 0 spiro atoms. The minimum Gasteiger partial charge on any atom is -0.394 e. The maximum atomic E-state index is 14.1. The minimum atomic E-state index is -0.988. The number of hydrogen-bond donors (Lipinski definition) is 1. The summed E-state index contributed by atoms with van der Waals surface area (Å²) in [4.78, 5) is 18.1. The van der Waals surface area contributed by atoms with E-state index in [0.717, 1.165) is 45.7 Å². The number of hydrogen-bond acceptors (Lipinski definition) is 4. The van der Waals surface area contributed by atoms with Crippen LogP contribution in [0.15, 0.2) is 42.6 Å². The number of methoxy groups -OCH3 is 1. The maximum Gasteiger partial charge on any atom is 0.209 e. The van der Waals surface area contributed by atoms with Gasteiger partial charge in [-0.1, -0.05) is 17.7 Å². The van der Waals surface area contributed by atoms with E-state index in [1.807, 2.05) is 37.6 Å². The molecule has 0 fully saturated rings. The Hall–Kier alpha value is -3.75. The van der Waals surface area contributed by atoms with Gasteiger partial charge in [-0.2, -0.15) is 0 Å². The lowest BCUT2D eigenvalue weighted by Gasteiger charge is -2.14. The zero-order valence-corrected chi connectivity index (χ0v) is 20.9. The Kier molecular flexibility index (Phi) is 5.81. The van der Waals surface area contributed by atoms with E-state index in [4.69, 9.17) is 22.1 Å². The number of carbonyl (C=O) groups is 1. The number of benzene rings is 2. The lowest BCUT2D eigenvalue weighted by atomic mass is 9.98. The lowest BCUT2D eigenvalue weighted by molar-refractivity contribution is 0.103. The second kappa shape index (κ2) is 8.72. The number of aryl methyl sites for hydroxylation is 3. The van der Waals surface area contributed by atoms with Gasteiger partial charge in [0, 0.05) is 42.6 Å². The number of pyridine rings is 1. The van der Waals surface area contributed by atoms with Crippen LogP contribution in [0.5, 0.6) is 0 Å². The fourth-order valence-corrected chi connectivity index (χ4v) is 5.09. The molecule has 0 aliphatic rings. The van der Waals surface area contributed by atoms with E-state index in [2.05, 4.69) is 4.98 Å². The number of rotatable bonds is 5. The minimum absolute atomic E-state index is 0.146. The second-order valence-electron chi connectivity index (χ2n) is 8.78. The van der Waals surface area contributed by atoms with Crippen molar-refractivity contribution in [2.45, 2.75) is 20.5 Å². The number of halogens is 3. The van der Waals surface area contributed by atoms with Crippen LogP contribution in [-0.2, 0) is 18.4 Å². The van der Waals surface area contributed by atoms with Crippen molar-refractivity contribution in [3.8, 4) is 11.1 Å². The normalized spacial score (nSPS) is 11.6. The van der Waals surface area contributed by atoms with Crippen LogP contribution >= 0.6 is 11.6 Å². The van der Waals surface area contributed by atoms with Gasteiger partial charge in [0.15, 0.2) is 0 Å². The van der Waals surface area contributed by atoms with E-state index in [1.54, 1.807) is 29.8 Å². The number of fused-ring (bicyclic) bond motifs is 2. The number of ketones is 1. The van der Waals surface area contributed by atoms with Crippen molar-refractivity contribution in [1.82, 2.24) is 14.0 Å². The first-order valence-electron chi connectivity index (χ1n) is 11.2. The highest BCUT2D eigenvalue weighted by molar-refractivity contribution is 6.38. The van der Waals surface area contributed by atoms with Gasteiger partial charge in [-0.25, -0.2) is 13.8 Å². The summed E-state index contributed by atoms with van der Waals surface area (Å²) >= 11 is 6.93. The van der Waals surface area contributed by atoms with Gasteiger partial charge in [-0.15, -0.1) is 0 Å². The summed E-state index contributed by atoms with van der Waals surface area (Å²) in [5.74, 6) is -1.70. The highest BCUT2D eigenvalue weighted by Gasteiger charge is 2.24. The van der Waals surface area contributed by atoms with Crippen molar-refractivity contribution in [3.63, 3.8) is 0 Å². The summed E-state index contributed by atoms with van der Waals surface area (Å²) in [6, 6.07) is 9.30. The Morgan fingerprint density at radius 3 is 2.53 bits per heavy atom. The van der Waals surface area contributed by atoms with Crippen LogP contribution in [0.4, 0.5) is 14.5 Å². The Balaban J connectivity index is 1.78. The molecule has 0 radical (unpaired) electrons. The molecule has 0 unspecified atom stereocenters. The van der Waals surface area contributed by atoms with Crippen LogP contribution < -0.4 is 5.73 Å². The number of nitrogens with zero attached hydrogens (tertiary/aromatic N) is 3. The molecule has 6 nitrogen and oxygen atoms in total. The zero-order chi connectivity index (χ0) is 25.9. The van der Waals surface area contributed by atoms with E-state index in [0.29, 0.717) is 16.1 Å². The van der Waals surface area contributed by atoms with Crippen molar-refractivity contribution in [2.24, 2.45) is 7.05 Å². The first-order valence-corrected chi connectivity index (χ1v) is 11.5. The number of carbonyl (C=O) groups excluding carboxylic acids is 1. The predicted molar refractivity (Wildman–Crippen MR) is 137 cm³/mol.